The van der Waals surface area contributed by atoms with E-state index in [1.807, 2.05) is 37.3 Å². The summed E-state index contributed by atoms with van der Waals surface area (Å²) >= 11 is 1.42. The number of carbonyl (C=O) groups excluding carboxylic acids is 2. The Hall–Kier alpha value is -3.21. The van der Waals surface area contributed by atoms with E-state index in [0.29, 0.717) is 36.7 Å². The van der Waals surface area contributed by atoms with E-state index >= 15 is 0 Å². The molecular weight excluding hydrogens is 530 g/mol. The number of fused-ring (bicyclic) bond motifs is 2. The molecule has 5 atom stereocenters. The van der Waals surface area contributed by atoms with Crippen molar-refractivity contribution < 1.29 is 29.0 Å². The third-order valence-corrected chi connectivity index (χ3v) is 10.1. The topological polar surface area (TPSA) is 134 Å². The van der Waals surface area contributed by atoms with Gasteiger partial charge < -0.3 is 30.0 Å². The maximum absolute atomic E-state index is 13.2. The van der Waals surface area contributed by atoms with Gasteiger partial charge in [0.2, 0.25) is 11.8 Å². The monoisotopic (exact) mass is 567 g/mol. The SMILES string of the molecule is COc1ccc(CC(=O)Nc2nc3c(s2)C[C@@H]2[C@](C)(CO)[C@H](O)CC[C@@]2(C)[C@@H]3CC(=O)NCc2ccco2)cc1. The molecule has 214 valence electrons. The lowest BCUT2D eigenvalue weighted by Crippen LogP contribution is -2.57. The number of methoxy groups -OCH3 is 1. The number of aromatic nitrogens is 1. The Morgan fingerprint density at radius 3 is 2.65 bits per heavy atom. The molecule has 2 aliphatic carbocycles. The highest BCUT2D eigenvalue weighted by atomic mass is 32.1. The second kappa shape index (κ2) is 11.3. The Bertz CT molecular complexity index is 1340. The number of ether oxygens (including phenoxy) is 1. The summed E-state index contributed by atoms with van der Waals surface area (Å²) in [6.07, 6.45) is 3.21. The number of aliphatic hydroxyl groups is 2. The second-order valence-corrected chi connectivity index (χ2v) is 12.6. The van der Waals surface area contributed by atoms with E-state index in [-0.39, 0.29) is 48.5 Å². The number of furan rings is 1. The molecule has 4 N–H and O–H groups in total. The standard InChI is InChI=1S/C30H37N3O6S/c1-29-11-10-24(35)30(2,17-34)23(29)15-22-27(21(29)14-25(36)31-16-20-5-4-12-39-20)33-28(40-22)32-26(37)13-18-6-8-19(38-3)9-7-18/h4-9,12,21,23-24,34-35H,10-11,13-17H2,1-3H3,(H,31,36)(H,32,33,37)/t21-,23+,24-,29+,30+/m1/s1. The maximum Gasteiger partial charge on any atom is 0.230 e. The van der Waals surface area contributed by atoms with Crippen molar-refractivity contribution in [3.05, 3.63) is 64.6 Å². The molecular formula is C30H37N3O6S. The first-order chi connectivity index (χ1) is 19.2. The van der Waals surface area contributed by atoms with Gasteiger partial charge in [0.15, 0.2) is 5.13 Å². The number of anilines is 1. The van der Waals surface area contributed by atoms with Crippen molar-refractivity contribution in [2.45, 2.75) is 64.5 Å². The molecule has 40 heavy (non-hydrogen) atoms. The summed E-state index contributed by atoms with van der Waals surface area (Å²) < 4.78 is 10.5. The quantitative estimate of drug-likeness (QED) is 0.307. The molecule has 0 bridgehead atoms. The number of aliphatic hydroxyl groups excluding tert-OH is 2. The third-order valence-electron chi connectivity index (χ3n) is 9.09. The van der Waals surface area contributed by atoms with Gasteiger partial charge in [-0.15, -0.1) is 11.3 Å². The van der Waals surface area contributed by atoms with E-state index in [2.05, 4.69) is 17.6 Å². The lowest BCUT2D eigenvalue weighted by Gasteiger charge is -2.58. The Morgan fingerprint density at radius 1 is 1.20 bits per heavy atom. The zero-order valence-electron chi connectivity index (χ0n) is 23.1. The predicted octanol–water partition coefficient (Wildman–Crippen LogP) is 4.05. The van der Waals surface area contributed by atoms with Crippen molar-refractivity contribution in [3.63, 3.8) is 0 Å². The van der Waals surface area contributed by atoms with E-state index in [4.69, 9.17) is 14.1 Å². The van der Waals surface area contributed by atoms with E-state index < -0.39 is 11.5 Å². The van der Waals surface area contributed by atoms with E-state index in [9.17, 15) is 19.8 Å². The lowest BCUT2D eigenvalue weighted by atomic mass is 9.47. The number of nitrogens with one attached hydrogen (secondary N) is 2. The molecule has 1 saturated carbocycles. The van der Waals surface area contributed by atoms with Gasteiger partial charge in [-0.2, -0.15) is 0 Å². The van der Waals surface area contributed by atoms with Gasteiger partial charge in [0.05, 0.1) is 44.7 Å². The van der Waals surface area contributed by atoms with Crippen molar-refractivity contribution in [1.29, 1.82) is 0 Å². The van der Waals surface area contributed by atoms with Crippen molar-refractivity contribution in [1.82, 2.24) is 10.3 Å². The zero-order valence-corrected chi connectivity index (χ0v) is 23.9. The number of hydrogen-bond donors (Lipinski definition) is 4. The normalized spacial score (nSPS) is 27.4. The van der Waals surface area contributed by atoms with Gasteiger partial charge in [-0.1, -0.05) is 26.0 Å². The zero-order chi connectivity index (χ0) is 28.5. The minimum atomic E-state index is -0.713. The van der Waals surface area contributed by atoms with Crippen LogP contribution < -0.4 is 15.4 Å². The molecule has 1 fully saturated rings. The van der Waals surface area contributed by atoms with Gasteiger partial charge in [0, 0.05) is 22.6 Å². The molecule has 2 heterocycles. The first-order valence-corrected chi connectivity index (χ1v) is 14.5. The molecule has 2 aliphatic rings. The van der Waals surface area contributed by atoms with Gasteiger partial charge in [0.25, 0.3) is 0 Å². The van der Waals surface area contributed by atoms with Crippen LogP contribution in [0.3, 0.4) is 0 Å². The van der Waals surface area contributed by atoms with Crippen LogP contribution in [0.4, 0.5) is 5.13 Å². The highest BCUT2D eigenvalue weighted by Crippen LogP contribution is 2.62. The average molecular weight is 568 g/mol. The number of nitrogens with zero attached hydrogens (tertiary/aromatic N) is 1. The summed E-state index contributed by atoms with van der Waals surface area (Å²) in [5.74, 6) is 0.802. The minimum Gasteiger partial charge on any atom is -0.497 e. The first kappa shape index (κ1) is 28.3. The number of amides is 2. The summed E-state index contributed by atoms with van der Waals surface area (Å²) in [7, 11) is 1.60. The Balaban J connectivity index is 1.40. The lowest BCUT2D eigenvalue weighted by molar-refractivity contribution is -0.144. The number of thiazole rings is 1. The highest BCUT2D eigenvalue weighted by Gasteiger charge is 2.59. The van der Waals surface area contributed by atoms with Crippen molar-refractivity contribution >= 4 is 28.3 Å². The highest BCUT2D eigenvalue weighted by molar-refractivity contribution is 7.15. The number of benzene rings is 1. The smallest absolute Gasteiger partial charge is 0.230 e. The van der Waals surface area contributed by atoms with Crippen LogP contribution in [0.15, 0.2) is 47.1 Å². The summed E-state index contributed by atoms with van der Waals surface area (Å²) in [5.41, 5.74) is 0.602. The van der Waals surface area contributed by atoms with Gasteiger partial charge in [-0.25, -0.2) is 4.98 Å². The Labute approximate surface area is 238 Å². The molecule has 2 aromatic heterocycles. The maximum atomic E-state index is 13.2. The van der Waals surface area contributed by atoms with Crippen LogP contribution in [-0.2, 0) is 29.0 Å². The van der Waals surface area contributed by atoms with Gasteiger partial charge in [0.1, 0.15) is 11.5 Å². The fourth-order valence-electron chi connectivity index (χ4n) is 6.65. The summed E-state index contributed by atoms with van der Waals surface area (Å²) in [4.78, 5) is 32.0. The van der Waals surface area contributed by atoms with Crippen LogP contribution in [0.5, 0.6) is 5.75 Å². The first-order valence-electron chi connectivity index (χ1n) is 13.7. The number of rotatable bonds is 9. The Kier molecular flexibility index (Phi) is 8.03. The third kappa shape index (κ3) is 5.40. The van der Waals surface area contributed by atoms with E-state index in [0.717, 1.165) is 21.9 Å². The summed E-state index contributed by atoms with van der Waals surface area (Å²) in [5, 5.41) is 27.8. The van der Waals surface area contributed by atoms with Crippen LogP contribution >= 0.6 is 11.3 Å². The van der Waals surface area contributed by atoms with Crippen molar-refractivity contribution in [2.75, 3.05) is 19.0 Å². The van der Waals surface area contributed by atoms with Crippen LogP contribution in [0.25, 0.3) is 0 Å². The molecule has 9 nitrogen and oxygen atoms in total. The largest absolute Gasteiger partial charge is 0.497 e. The molecule has 0 saturated heterocycles. The van der Waals surface area contributed by atoms with Crippen LogP contribution in [0, 0.1) is 16.7 Å². The molecule has 5 rings (SSSR count). The number of hydrogen-bond acceptors (Lipinski definition) is 8. The molecule has 1 aromatic carbocycles. The molecule has 3 aromatic rings. The molecule has 0 spiro atoms. The van der Waals surface area contributed by atoms with Gasteiger partial charge in [-0.3, -0.25) is 9.59 Å². The minimum absolute atomic E-state index is 0.0626. The molecule has 0 unspecified atom stereocenters. The van der Waals surface area contributed by atoms with Gasteiger partial charge in [-0.05, 0) is 60.4 Å². The van der Waals surface area contributed by atoms with E-state index in [1.54, 1.807) is 19.4 Å². The van der Waals surface area contributed by atoms with Crippen LogP contribution in [-0.4, -0.2) is 46.8 Å². The Morgan fingerprint density at radius 2 is 1.98 bits per heavy atom. The fourth-order valence-corrected chi connectivity index (χ4v) is 7.73. The van der Waals surface area contributed by atoms with Crippen molar-refractivity contribution in [2.24, 2.45) is 16.7 Å². The van der Waals surface area contributed by atoms with E-state index in [1.165, 1.54) is 11.3 Å². The molecule has 2 amide bonds. The van der Waals surface area contributed by atoms with Gasteiger partial charge >= 0.3 is 0 Å². The number of carbonyl (C=O) groups is 2. The molecule has 0 aliphatic heterocycles. The predicted molar refractivity (Wildman–Crippen MR) is 151 cm³/mol. The summed E-state index contributed by atoms with van der Waals surface area (Å²) in [6, 6.07) is 10.9. The second-order valence-electron chi connectivity index (χ2n) is 11.5. The summed E-state index contributed by atoms with van der Waals surface area (Å²) in [6.45, 7) is 4.25. The molecule has 0 radical (unpaired) electrons. The van der Waals surface area contributed by atoms with Crippen LogP contribution in [0.2, 0.25) is 0 Å². The van der Waals surface area contributed by atoms with Crippen LogP contribution in [0.1, 0.15) is 60.9 Å². The average Bonchev–Trinajstić information content (AvgIpc) is 3.61. The van der Waals surface area contributed by atoms with Crippen molar-refractivity contribution in [3.8, 4) is 5.75 Å². The molecule has 10 heteroatoms. The fraction of sp³-hybridized carbons (Fsp3) is 0.500.